The second kappa shape index (κ2) is 5.71. The summed E-state index contributed by atoms with van der Waals surface area (Å²) in [4.78, 5) is 4.95. The zero-order valence-electron chi connectivity index (χ0n) is 10.8. The Morgan fingerprint density at radius 3 is 2.63 bits per heavy atom. The highest BCUT2D eigenvalue weighted by Gasteiger charge is 2.08. The minimum absolute atomic E-state index is 0.0519. The van der Waals surface area contributed by atoms with Crippen molar-refractivity contribution in [3.05, 3.63) is 39.8 Å². The number of hydrogen-bond donors (Lipinski definition) is 2. The molecule has 1 heterocycles. The summed E-state index contributed by atoms with van der Waals surface area (Å²) >= 11 is 1.43. The lowest BCUT2D eigenvalue weighted by Gasteiger charge is -2.08. The molecule has 0 unspecified atom stereocenters. The molecule has 2 rings (SSSR count). The van der Waals surface area contributed by atoms with Gasteiger partial charge in [0.05, 0.1) is 24.1 Å². The number of rotatable bonds is 5. The summed E-state index contributed by atoms with van der Waals surface area (Å²) in [6.07, 6.45) is 2.31. The molecular weight excluding hydrogens is 262 g/mol. The smallest absolute Gasteiger partial charge is 0.160 e. The molecule has 1 aromatic heterocycles. The highest BCUT2D eigenvalue weighted by atomic mass is 32.1. The van der Waals surface area contributed by atoms with Gasteiger partial charge in [-0.05, 0) is 17.7 Å². The van der Waals surface area contributed by atoms with Crippen LogP contribution in [0, 0.1) is 5.41 Å². The zero-order chi connectivity index (χ0) is 13.8. The van der Waals surface area contributed by atoms with E-state index >= 15 is 0 Å². The molecule has 0 aliphatic carbocycles. The van der Waals surface area contributed by atoms with Crippen LogP contribution in [0.4, 0.5) is 0 Å². The second-order valence-electron chi connectivity index (χ2n) is 3.90. The molecule has 0 bridgehead atoms. The standard InChI is InChI=1S/C13H15N3O2S/c1-17-9-4-3-8(5-10(9)18-2)6-12-16-7-11(19-12)13(14)15/h3-5,7H,6H2,1-2H3,(H3,14,15). The summed E-state index contributed by atoms with van der Waals surface area (Å²) in [5.74, 6) is 1.45. The van der Waals surface area contributed by atoms with E-state index < -0.39 is 0 Å². The normalized spacial score (nSPS) is 10.2. The van der Waals surface area contributed by atoms with Crippen molar-refractivity contribution in [2.75, 3.05) is 14.2 Å². The first kappa shape index (κ1) is 13.4. The number of amidine groups is 1. The van der Waals surface area contributed by atoms with E-state index in [1.165, 1.54) is 11.3 Å². The third-order valence-corrected chi connectivity index (χ3v) is 3.65. The minimum atomic E-state index is 0.0519. The number of methoxy groups -OCH3 is 2. The van der Waals surface area contributed by atoms with Gasteiger partial charge in [0.2, 0.25) is 0 Å². The van der Waals surface area contributed by atoms with Crippen molar-refractivity contribution in [3.63, 3.8) is 0 Å². The van der Waals surface area contributed by atoms with Gasteiger partial charge >= 0.3 is 0 Å². The molecule has 1 aromatic carbocycles. The Balaban J connectivity index is 2.20. The number of nitrogens with two attached hydrogens (primary N) is 1. The van der Waals surface area contributed by atoms with Crippen LogP contribution in [-0.2, 0) is 6.42 Å². The average molecular weight is 277 g/mol. The number of nitrogens with zero attached hydrogens (tertiary/aromatic N) is 1. The minimum Gasteiger partial charge on any atom is -0.493 e. The van der Waals surface area contributed by atoms with Crippen LogP contribution < -0.4 is 15.2 Å². The van der Waals surface area contributed by atoms with Gasteiger partial charge in [0.25, 0.3) is 0 Å². The van der Waals surface area contributed by atoms with E-state index in [9.17, 15) is 0 Å². The number of benzene rings is 1. The Bertz CT molecular complexity index is 595. The van der Waals surface area contributed by atoms with E-state index in [0.29, 0.717) is 22.8 Å². The lowest BCUT2D eigenvalue weighted by Crippen LogP contribution is -2.08. The molecule has 19 heavy (non-hydrogen) atoms. The van der Waals surface area contributed by atoms with Crippen molar-refractivity contribution in [2.45, 2.75) is 6.42 Å². The second-order valence-corrected chi connectivity index (χ2v) is 5.01. The van der Waals surface area contributed by atoms with Crippen molar-refractivity contribution in [1.82, 2.24) is 4.98 Å². The van der Waals surface area contributed by atoms with E-state index in [0.717, 1.165) is 10.6 Å². The molecule has 6 heteroatoms. The van der Waals surface area contributed by atoms with Crippen LogP contribution in [-0.4, -0.2) is 25.0 Å². The van der Waals surface area contributed by atoms with Crippen LogP contribution in [0.3, 0.4) is 0 Å². The van der Waals surface area contributed by atoms with Crippen molar-refractivity contribution < 1.29 is 9.47 Å². The van der Waals surface area contributed by atoms with Crippen molar-refractivity contribution >= 4 is 17.2 Å². The van der Waals surface area contributed by atoms with Crippen LogP contribution >= 0.6 is 11.3 Å². The molecule has 0 saturated heterocycles. The Morgan fingerprint density at radius 2 is 2.05 bits per heavy atom. The topological polar surface area (TPSA) is 81.2 Å². The van der Waals surface area contributed by atoms with Gasteiger partial charge in [-0.1, -0.05) is 6.07 Å². The van der Waals surface area contributed by atoms with E-state index in [1.54, 1.807) is 20.4 Å². The summed E-state index contributed by atoms with van der Waals surface area (Å²) < 4.78 is 10.5. The fourth-order valence-corrected chi connectivity index (χ4v) is 2.50. The quantitative estimate of drug-likeness (QED) is 0.647. The van der Waals surface area contributed by atoms with Crippen LogP contribution in [0.25, 0.3) is 0 Å². The molecule has 2 aromatic rings. The Morgan fingerprint density at radius 1 is 1.32 bits per heavy atom. The number of ether oxygens (including phenoxy) is 2. The van der Waals surface area contributed by atoms with Crippen molar-refractivity contribution in [3.8, 4) is 11.5 Å². The SMILES string of the molecule is COc1ccc(Cc2ncc(C(=N)N)s2)cc1OC. The summed E-state index contributed by atoms with van der Waals surface area (Å²) in [5.41, 5.74) is 6.49. The molecule has 0 spiro atoms. The number of aromatic nitrogens is 1. The van der Waals surface area contributed by atoms with Crippen LogP contribution in [0.1, 0.15) is 15.4 Å². The first-order valence-electron chi connectivity index (χ1n) is 5.64. The monoisotopic (exact) mass is 277 g/mol. The maximum atomic E-state index is 7.36. The molecule has 100 valence electrons. The molecule has 0 fully saturated rings. The predicted molar refractivity (Wildman–Crippen MR) is 75.5 cm³/mol. The van der Waals surface area contributed by atoms with E-state index in [-0.39, 0.29) is 5.84 Å². The lowest BCUT2D eigenvalue weighted by atomic mass is 10.1. The largest absolute Gasteiger partial charge is 0.493 e. The first-order chi connectivity index (χ1) is 9.13. The summed E-state index contributed by atoms with van der Waals surface area (Å²) in [6.45, 7) is 0. The highest BCUT2D eigenvalue weighted by molar-refractivity contribution is 7.13. The molecule has 0 amide bonds. The third kappa shape index (κ3) is 3.03. The maximum Gasteiger partial charge on any atom is 0.160 e. The molecule has 5 nitrogen and oxygen atoms in total. The predicted octanol–water partition coefficient (Wildman–Crippen LogP) is 2.04. The molecule has 0 aliphatic rings. The first-order valence-corrected chi connectivity index (χ1v) is 6.45. The molecular formula is C13H15N3O2S. The molecule has 0 saturated carbocycles. The number of nitrogens with one attached hydrogen (secondary N) is 1. The maximum absolute atomic E-state index is 7.36. The van der Waals surface area contributed by atoms with Gasteiger partial charge in [-0.3, -0.25) is 5.41 Å². The third-order valence-electron chi connectivity index (χ3n) is 2.62. The number of thiazole rings is 1. The van der Waals surface area contributed by atoms with Gasteiger partial charge in [-0.25, -0.2) is 4.98 Å². The van der Waals surface area contributed by atoms with Gasteiger partial charge < -0.3 is 15.2 Å². The molecule has 3 N–H and O–H groups in total. The van der Waals surface area contributed by atoms with E-state index in [1.807, 2.05) is 18.2 Å². The number of nitrogen functional groups attached to an aromatic ring is 1. The van der Waals surface area contributed by atoms with Gasteiger partial charge in [-0.15, -0.1) is 11.3 Å². The van der Waals surface area contributed by atoms with E-state index in [2.05, 4.69) is 4.98 Å². The lowest BCUT2D eigenvalue weighted by molar-refractivity contribution is 0.354. The van der Waals surface area contributed by atoms with Gasteiger partial charge in [0, 0.05) is 12.6 Å². The van der Waals surface area contributed by atoms with Gasteiger partial charge in [0.15, 0.2) is 11.5 Å². The van der Waals surface area contributed by atoms with Crippen LogP contribution in [0.5, 0.6) is 11.5 Å². The van der Waals surface area contributed by atoms with E-state index in [4.69, 9.17) is 20.6 Å². The average Bonchev–Trinajstić information content (AvgIpc) is 2.87. The zero-order valence-corrected chi connectivity index (χ0v) is 11.6. The molecule has 0 atom stereocenters. The molecule has 0 radical (unpaired) electrons. The summed E-state index contributed by atoms with van der Waals surface area (Å²) in [7, 11) is 3.22. The summed E-state index contributed by atoms with van der Waals surface area (Å²) in [5, 5.41) is 8.27. The van der Waals surface area contributed by atoms with Crippen molar-refractivity contribution in [2.24, 2.45) is 5.73 Å². The molecule has 0 aliphatic heterocycles. The fraction of sp³-hybridized carbons (Fsp3) is 0.231. The van der Waals surface area contributed by atoms with Gasteiger partial charge in [0.1, 0.15) is 5.84 Å². The highest BCUT2D eigenvalue weighted by Crippen LogP contribution is 2.28. The Kier molecular flexibility index (Phi) is 4.01. The van der Waals surface area contributed by atoms with Crippen LogP contribution in [0.2, 0.25) is 0 Å². The Labute approximate surface area is 115 Å². The van der Waals surface area contributed by atoms with Crippen LogP contribution in [0.15, 0.2) is 24.4 Å². The van der Waals surface area contributed by atoms with Gasteiger partial charge in [-0.2, -0.15) is 0 Å². The van der Waals surface area contributed by atoms with Crippen molar-refractivity contribution in [1.29, 1.82) is 5.41 Å². The Hall–Kier alpha value is -2.08. The fourth-order valence-electron chi connectivity index (χ4n) is 1.68. The number of hydrogen-bond acceptors (Lipinski definition) is 5. The summed E-state index contributed by atoms with van der Waals surface area (Å²) in [6, 6.07) is 5.76.